The molecule has 0 radical (unpaired) electrons. The zero-order valence-corrected chi connectivity index (χ0v) is 11.1. The van der Waals surface area contributed by atoms with Crippen LogP contribution >= 0.6 is 0 Å². The van der Waals surface area contributed by atoms with E-state index in [1.54, 1.807) is 17.4 Å². The van der Waals surface area contributed by atoms with Crippen molar-refractivity contribution in [3.05, 3.63) is 59.5 Å². The highest BCUT2D eigenvalue weighted by Crippen LogP contribution is 2.11. The molecule has 2 aromatic rings. The van der Waals surface area contributed by atoms with Crippen LogP contribution in [-0.2, 0) is 6.54 Å². The Morgan fingerprint density at radius 1 is 1.15 bits per heavy atom. The van der Waals surface area contributed by atoms with Gasteiger partial charge in [-0.05, 0) is 37.3 Å². The lowest BCUT2D eigenvalue weighted by atomic mass is 10.1. The van der Waals surface area contributed by atoms with Gasteiger partial charge < -0.3 is 14.4 Å². The van der Waals surface area contributed by atoms with Crippen LogP contribution in [0.1, 0.15) is 33.2 Å². The molecule has 1 aromatic heterocycles. The fourth-order valence-electron chi connectivity index (χ4n) is 1.87. The Balaban J connectivity index is 2.13. The van der Waals surface area contributed by atoms with Crippen LogP contribution in [0, 0.1) is 0 Å². The number of carbonyl (C=O) groups excluding carboxylic acids is 1. The van der Waals surface area contributed by atoms with Gasteiger partial charge in [-0.1, -0.05) is 0 Å². The van der Waals surface area contributed by atoms with Gasteiger partial charge >= 0.3 is 5.97 Å². The molecular formula is C15H15NO4. The monoisotopic (exact) mass is 273 g/mol. The molecule has 104 valence electrons. The summed E-state index contributed by atoms with van der Waals surface area (Å²) >= 11 is 0. The minimum Gasteiger partial charge on any atom is -0.478 e. The van der Waals surface area contributed by atoms with Gasteiger partial charge in [-0.2, -0.15) is 0 Å². The van der Waals surface area contributed by atoms with E-state index in [9.17, 15) is 9.59 Å². The molecule has 0 saturated carbocycles. The van der Waals surface area contributed by atoms with E-state index in [0.29, 0.717) is 18.7 Å². The number of amides is 1. The van der Waals surface area contributed by atoms with E-state index in [1.807, 2.05) is 13.0 Å². The van der Waals surface area contributed by atoms with Crippen molar-refractivity contribution in [2.75, 3.05) is 6.54 Å². The summed E-state index contributed by atoms with van der Waals surface area (Å²) in [6.07, 6.45) is 3.17. The molecule has 0 atom stereocenters. The van der Waals surface area contributed by atoms with Gasteiger partial charge in [0, 0.05) is 24.2 Å². The maximum Gasteiger partial charge on any atom is 0.335 e. The average Bonchev–Trinajstić information content (AvgIpc) is 2.97. The van der Waals surface area contributed by atoms with Gasteiger partial charge in [0.15, 0.2) is 0 Å². The van der Waals surface area contributed by atoms with Crippen molar-refractivity contribution in [2.45, 2.75) is 13.5 Å². The molecule has 2 rings (SSSR count). The van der Waals surface area contributed by atoms with E-state index < -0.39 is 5.97 Å². The van der Waals surface area contributed by atoms with E-state index in [0.717, 1.165) is 5.56 Å². The number of furan rings is 1. The molecule has 0 spiro atoms. The van der Waals surface area contributed by atoms with Crippen LogP contribution in [0.5, 0.6) is 0 Å². The number of aromatic carboxylic acids is 1. The van der Waals surface area contributed by atoms with Gasteiger partial charge in [0.2, 0.25) is 0 Å². The van der Waals surface area contributed by atoms with Crippen LogP contribution in [0.15, 0.2) is 47.3 Å². The second kappa shape index (κ2) is 6.06. The summed E-state index contributed by atoms with van der Waals surface area (Å²) in [4.78, 5) is 24.8. The van der Waals surface area contributed by atoms with E-state index >= 15 is 0 Å². The predicted octanol–water partition coefficient (Wildman–Crippen LogP) is 2.64. The Bertz CT molecular complexity index is 587. The van der Waals surface area contributed by atoms with Crippen molar-refractivity contribution < 1.29 is 19.1 Å². The van der Waals surface area contributed by atoms with Gasteiger partial charge in [0.25, 0.3) is 5.91 Å². The summed E-state index contributed by atoms with van der Waals surface area (Å²) in [5, 5.41) is 8.84. The summed E-state index contributed by atoms with van der Waals surface area (Å²) < 4.78 is 4.98. The number of carboxylic acid groups (broad SMARTS) is 1. The van der Waals surface area contributed by atoms with Crippen LogP contribution in [0.3, 0.4) is 0 Å². The summed E-state index contributed by atoms with van der Waals surface area (Å²) in [7, 11) is 0. The van der Waals surface area contributed by atoms with E-state index in [4.69, 9.17) is 9.52 Å². The van der Waals surface area contributed by atoms with Gasteiger partial charge in [-0.25, -0.2) is 4.79 Å². The van der Waals surface area contributed by atoms with E-state index in [1.165, 1.54) is 24.3 Å². The van der Waals surface area contributed by atoms with Crippen molar-refractivity contribution in [1.29, 1.82) is 0 Å². The quantitative estimate of drug-likeness (QED) is 0.909. The summed E-state index contributed by atoms with van der Waals surface area (Å²) in [5.41, 5.74) is 1.56. The molecule has 1 aromatic carbocycles. The molecule has 0 saturated heterocycles. The molecule has 1 heterocycles. The molecular weight excluding hydrogens is 258 g/mol. The molecule has 0 fully saturated rings. The average molecular weight is 273 g/mol. The fraction of sp³-hybridized carbons (Fsp3) is 0.200. The van der Waals surface area contributed by atoms with Crippen molar-refractivity contribution in [3.63, 3.8) is 0 Å². The van der Waals surface area contributed by atoms with Crippen molar-refractivity contribution >= 4 is 11.9 Å². The molecule has 5 nitrogen and oxygen atoms in total. The Hall–Kier alpha value is -2.56. The topological polar surface area (TPSA) is 70.8 Å². The minimum atomic E-state index is -1.00. The highest BCUT2D eigenvalue weighted by molar-refractivity contribution is 5.95. The Morgan fingerprint density at radius 2 is 1.80 bits per heavy atom. The zero-order chi connectivity index (χ0) is 14.5. The third-order valence-corrected chi connectivity index (χ3v) is 3.00. The van der Waals surface area contributed by atoms with Gasteiger partial charge in [-0.15, -0.1) is 0 Å². The lowest BCUT2D eigenvalue weighted by molar-refractivity contribution is 0.0693. The molecule has 20 heavy (non-hydrogen) atoms. The number of hydrogen-bond acceptors (Lipinski definition) is 3. The number of hydrogen-bond donors (Lipinski definition) is 1. The van der Waals surface area contributed by atoms with Gasteiger partial charge in [0.1, 0.15) is 0 Å². The maximum absolute atomic E-state index is 12.3. The molecule has 1 amide bonds. The fourth-order valence-corrected chi connectivity index (χ4v) is 1.87. The summed E-state index contributed by atoms with van der Waals surface area (Å²) in [6, 6.07) is 7.74. The molecule has 0 bridgehead atoms. The third kappa shape index (κ3) is 3.06. The first kappa shape index (κ1) is 13.9. The lowest BCUT2D eigenvalue weighted by Gasteiger charge is -2.20. The van der Waals surface area contributed by atoms with E-state index in [-0.39, 0.29) is 11.5 Å². The second-order valence-electron chi connectivity index (χ2n) is 4.33. The SMILES string of the molecule is CCN(Cc1ccoc1)C(=O)c1ccc(C(=O)O)cc1. The number of benzene rings is 1. The van der Waals surface area contributed by atoms with Gasteiger partial charge in [-0.3, -0.25) is 4.79 Å². The highest BCUT2D eigenvalue weighted by Gasteiger charge is 2.15. The highest BCUT2D eigenvalue weighted by atomic mass is 16.4. The molecule has 1 N–H and O–H groups in total. The van der Waals surface area contributed by atoms with Crippen molar-refractivity contribution in [2.24, 2.45) is 0 Å². The summed E-state index contributed by atoms with van der Waals surface area (Å²) in [6.45, 7) is 2.92. The van der Waals surface area contributed by atoms with Crippen LogP contribution in [0.4, 0.5) is 0 Å². The third-order valence-electron chi connectivity index (χ3n) is 3.00. The Kier molecular flexibility index (Phi) is 4.20. The second-order valence-corrected chi connectivity index (χ2v) is 4.33. The van der Waals surface area contributed by atoms with Crippen LogP contribution in [0.2, 0.25) is 0 Å². The largest absolute Gasteiger partial charge is 0.478 e. The molecule has 0 aliphatic heterocycles. The number of nitrogens with zero attached hydrogens (tertiary/aromatic N) is 1. The summed E-state index contributed by atoms with van der Waals surface area (Å²) in [5.74, 6) is -1.14. The van der Waals surface area contributed by atoms with Crippen molar-refractivity contribution in [1.82, 2.24) is 4.90 Å². The van der Waals surface area contributed by atoms with E-state index in [2.05, 4.69) is 0 Å². The molecule has 0 aliphatic rings. The Morgan fingerprint density at radius 3 is 2.30 bits per heavy atom. The molecule has 0 aliphatic carbocycles. The number of carbonyl (C=O) groups is 2. The zero-order valence-electron chi connectivity index (χ0n) is 11.1. The first-order valence-corrected chi connectivity index (χ1v) is 6.25. The van der Waals surface area contributed by atoms with Crippen LogP contribution in [-0.4, -0.2) is 28.4 Å². The molecule has 5 heteroatoms. The standard InChI is InChI=1S/C15H15NO4/c1-2-16(9-11-7-8-20-10-11)14(17)12-3-5-13(6-4-12)15(18)19/h3-8,10H,2,9H2,1H3,(H,18,19). The first-order valence-electron chi connectivity index (χ1n) is 6.25. The Labute approximate surface area is 116 Å². The number of carboxylic acids is 1. The smallest absolute Gasteiger partial charge is 0.335 e. The normalized spacial score (nSPS) is 10.2. The van der Waals surface area contributed by atoms with Crippen LogP contribution < -0.4 is 0 Å². The predicted molar refractivity (Wildman–Crippen MR) is 72.5 cm³/mol. The van der Waals surface area contributed by atoms with Gasteiger partial charge in [0.05, 0.1) is 18.1 Å². The maximum atomic E-state index is 12.3. The molecule has 0 unspecified atom stereocenters. The lowest BCUT2D eigenvalue weighted by Crippen LogP contribution is -2.30. The van der Waals surface area contributed by atoms with Crippen molar-refractivity contribution in [3.8, 4) is 0 Å². The minimum absolute atomic E-state index is 0.134. The first-order chi connectivity index (χ1) is 9.61. The van der Waals surface area contributed by atoms with Crippen LogP contribution in [0.25, 0.3) is 0 Å². The number of rotatable bonds is 5.